The van der Waals surface area contributed by atoms with Crippen LogP contribution in [0.25, 0.3) is 0 Å². The van der Waals surface area contributed by atoms with Gasteiger partial charge in [0, 0.05) is 31.0 Å². The summed E-state index contributed by atoms with van der Waals surface area (Å²) < 4.78 is 5.72. The van der Waals surface area contributed by atoms with Gasteiger partial charge >= 0.3 is 0 Å². The fraction of sp³-hybridized carbons (Fsp3) is 0.727. The Morgan fingerprint density at radius 2 is 2.50 bits per heavy atom. The van der Waals surface area contributed by atoms with Gasteiger partial charge in [0.1, 0.15) is 11.9 Å². The van der Waals surface area contributed by atoms with E-state index in [0.29, 0.717) is 11.9 Å². The van der Waals surface area contributed by atoms with Gasteiger partial charge in [-0.3, -0.25) is 4.90 Å². The van der Waals surface area contributed by atoms with Gasteiger partial charge in [-0.2, -0.15) is 0 Å². The van der Waals surface area contributed by atoms with Gasteiger partial charge in [0.15, 0.2) is 0 Å². The molecule has 1 aliphatic heterocycles. The van der Waals surface area contributed by atoms with E-state index in [9.17, 15) is 0 Å². The Hall–Kier alpha value is -0.580. The molecule has 1 unspecified atom stereocenters. The van der Waals surface area contributed by atoms with Crippen molar-refractivity contribution >= 4 is 11.6 Å². The molecule has 0 spiro atoms. The van der Waals surface area contributed by atoms with E-state index < -0.39 is 0 Å². The van der Waals surface area contributed by atoms with Gasteiger partial charge in [0.2, 0.25) is 0 Å². The largest absolute Gasteiger partial charge is 0.368 e. The molecule has 1 saturated heterocycles. The van der Waals surface area contributed by atoms with Gasteiger partial charge in [-0.05, 0) is 13.8 Å². The SMILES string of the molecule is CC(C)N1CCOC(c2ncc(CCl)[nH]2)C1. The molecule has 2 heterocycles. The van der Waals surface area contributed by atoms with Crippen molar-refractivity contribution in [2.75, 3.05) is 19.7 Å². The van der Waals surface area contributed by atoms with Crippen LogP contribution in [0.1, 0.15) is 31.5 Å². The van der Waals surface area contributed by atoms with Gasteiger partial charge in [-0.1, -0.05) is 0 Å². The fourth-order valence-electron chi connectivity index (χ4n) is 1.91. The number of H-pyrrole nitrogens is 1. The molecular formula is C11H18ClN3O. The molecule has 1 aliphatic rings. The first-order chi connectivity index (χ1) is 7.70. The molecule has 0 aliphatic carbocycles. The van der Waals surface area contributed by atoms with E-state index >= 15 is 0 Å². The van der Waals surface area contributed by atoms with Gasteiger partial charge < -0.3 is 9.72 Å². The molecule has 1 aromatic heterocycles. The van der Waals surface area contributed by atoms with Crippen LogP contribution in [0.15, 0.2) is 6.20 Å². The summed E-state index contributed by atoms with van der Waals surface area (Å²) in [6, 6.07) is 0.550. The van der Waals surface area contributed by atoms with Crippen LogP contribution in [0.2, 0.25) is 0 Å². The number of ether oxygens (including phenoxy) is 1. The Morgan fingerprint density at radius 1 is 1.69 bits per heavy atom. The highest BCUT2D eigenvalue weighted by Crippen LogP contribution is 2.21. The topological polar surface area (TPSA) is 41.1 Å². The summed E-state index contributed by atoms with van der Waals surface area (Å²) in [5.41, 5.74) is 0.946. The van der Waals surface area contributed by atoms with Crippen LogP contribution in [-0.4, -0.2) is 40.6 Å². The van der Waals surface area contributed by atoms with Crippen molar-refractivity contribution in [1.29, 1.82) is 0 Å². The average Bonchev–Trinajstić information content (AvgIpc) is 2.77. The van der Waals surface area contributed by atoms with Gasteiger partial charge in [-0.15, -0.1) is 11.6 Å². The van der Waals surface area contributed by atoms with E-state index in [2.05, 4.69) is 28.7 Å². The minimum atomic E-state index is 0.0492. The lowest BCUT2D eigenvalue weighted by atomic mass is 10.2. The Labute approximate surface area is 101 Å². The van der Waals surface area contributed by atoms with E-state index in [1.807, 2.05) is 0 Å². The monoisotopic (exact) mass is 243 g/mol. The second kappa shape index (κ2) is 5.17. The summed E-state index contributed by atoms with van der Waals surface area (Å²) in [6.07, 6.45) is 1.83. The van der Waals surface area contributed by atoms with Crippen molar-refractivity contribution < 1.29 is 4.74 Å². The number of aromatic amines is 1. The molecule has 1 N–H and O–H groups in total. The first-order valence-electron chi connectivity index (χ1n) is 5.66. The molecule has 1 aromatic rings. The van der Waals surface area contributed by atoms with Crippen LogP contribution in [0.4, 0.5) is 0 Å². The highest BCUT2D eigenvalue weighted by atomic mass is 35.5. The smallest absolute Gasteiger partial charge is 0.136 e. The van der Waals surface area contributed by atoms with Gasteiger partial charge in [-0.25, -0.2) is 4.98 Å². The molecule has 16 heavy (non-hydrogen) atoms. The first-order valence-corrected chi connectivity index (χ1v) is 6.19. The van der Waals surface area contributed by atoms with E-state index in [-0.39, 0.29) is 6.10 Å². The summed E-state index contributed by atoms with van der Waals surface area (Å²) in [5.74, 6) is 1.36. The third kappa shape index (κ3) is 2.56. The van der Waals surface area contributed by atoms with E-state index in [1.165, 1.54) is 0 Å². The number of nitrogens with one attached hydrogen (secondary N) is 1. The lowest BCUT2D eigenvalue weighted by Crippen LogP contribution is -2.42. The summed E-state index contributed by atoms with van der Waals surface area (Å²) >= 11 is 5.74. The predicted molar refractivity (Wildman–Crippen MR) is 63.5 cm³/mol. The molecular weight excluding hydrogens is 226 g/mol. The van der Waals surface area contributed by atoms with Crippen LogP contribution >= 0.6 is 11.6 Å². The second-order valence-electron chi connectivity index (χ2n) is 4.38. The van der Waals surface area contributed by atoms with Crippen molar-refractivity contribution in [1.82, 2.24) is 14.9 Å². The number of aromatic nitrogens is 2. The van der Waals surface area contributed by atoms with Crippen molar-refractivity contribution in [3.63, 3.8) is 0 Å². The lowest BCUT2D eigenvalue weighted by molar-refractivity contribution is -0.0439. The minimum Gasteiger partial charge on any atom is -0.368 e. The number of morpholine rings is 1. The van der Waals surface area contributed by atoms with Crippen molar-refractivity contribution in [2.45, 2.75) is 31.9 Å². The maximum absolute atomic E-state index is 5.74. The zero-order valence-corrected chi connectivity index (χ0v) is 10.5. The number of nitrogens with zero attached hydrogens (tertiary/aromatic N) is 2. The zero-order valence-electron chi connectivity index (χ0n) is 9.74. The minimum absolute atomic E-state index is 0.0492. The molecule has 4 nitrogen and oxygen atoms in total. The van der Waals surface area contributed by atoms with Crippen LogP contribution in [-0.2, 0) is 10.6 Å². The van der Waals surface area contributed by atoms with Crippen LogP contribution < -0.4 is 0 Å². The number of imidazole rings is 1. The number of rotatable bonds is 3. The third-order valence-electron chi connectivity index (χ3n) is 2.93. The number of hydrogen-bond donors (Lipinski definition) is 1. The Kier molecular flexibility index (Phi) is 3.84. The van der Waals surface area contributed by atoms with E-state index in [1.54, 1.807) is 6.20 Å². The summed E-state index contributed by atoms with van der Waals surface area (Å²) in [4.78, 5) is 9.91. The summed E-state index contributed by atoms with van der Waals surface area (Å²) in [7, 11) is 0. The normalized spacial score (nSPS) is 22.9. The standard InChI is InChI=1S/C11H18ClN3O/c1-8(2)15-3-4-16-10(7-15)11-13-6-9(5-12)14-11/h6,8,10H,3-5,7H2,1-2H3,(H,13,14). The summed E-state index contributed by atoms with van der Waals surface area (Å²) in [5, 5.41) is 0. The van der Waals surface area contributed by atoms with Gasteiger partial charge in [0.05, 0.1) is 12.5 Å². The summed E-state index contributed by atoms with van der Waals surface area (Å²) in [6.45, 7) is 7.06. The zero-order chi connectivity index (χ0) is 11.5. The van der Waals surface area contributed by atoms with Crippen molar-refractivity contribution in [3.05, 3.63) is 17.7 Å². The quantitative estimate of drug-likeness (QED) is 0.825. The van der Waals surface area contributed by atoms with E-state index in [0.717, 1.165) is 31.2 Å². The van der Waals surface area contributed by atoms with Crippen LogP contribution in [0.3, 0.4) is 0 Å². The predicted octanol–water partition coefficient (Wildman–Crippen LogP) is 1.93. The molecule has 0 bridgehead atoms. The molecule has 5 heteroatoms. The maximum atomic E-state index is 5.74. The van der Waals surface area contributed by atoms with Crippen LogP contribution in [0, 0.1) is 0 Å². The van der Waals surface area contributed by atoms with E-state index in [4.69, 9.17) is 16.3 Å². The van der Waals surface area contributed by atoms with Crippen molar-refractivity contribution in [2.24, 2.45) is 0 Å². The maximum Gasteiger partial charge on any atom is 0.136 e. The molecule has 0 saturated carbocycles. The Morgan fingerprint density at radius 3 is 3.12 bits per heavy atom. The molecule has 90 valence electrons. The lowest BCUT2D eigenvalue weighted by Gasteiger charge is -2.34. The molecule has 2 rings (SSSR count). The molecule has 0 amide bonds. The average molecular weight is 244 g/mol. The second-order valence-corrected chi connectivity index (χ2v) is 4.64. The Balaban J connectivity index is 2.03. The number of hydrogen-bond acceptors (Lipinski definition) is 3. The molecule has 1 fully saturated rings. The number of halogens is 1. The third-order valence-corrected chi connectivity index (χ3v) is 3.21. The van der Waals surface area contributed by atoms with Crippen molar-refractivity contribution in [3.8, 4) is 0 Å². The van der Waals surface area contributed by atoms with Crippen LogP contribution in [0.5, 0.6) is 0 Å². The highest BCUT2D eigenvalue weighted by molar-refractivity contribution is 6.16. The number of alkyl halides is 1. The van der Waals surface area contributed by atoms with Gasteiger partial charge in [0.25, 0.3) is 0 Å². The highest BCUT2D eigenvalue weighted by Gasteiger charge is 2.25. The first kappa shape index (κ1) is 11.9. The molecule has 0 radical (unpaired) electrons. The molecule has 0 aromatic carbocycles. The Bertz CT molecular complexity index is 340. The molecule has 1 atom stereocenters. The fourth-order valence-corrected chi connectivity index (χ4v) is 2.05.